The van der Waals surface area contributed by atoms with Crippen LogP contribution in [0.15, 0.2) is 18.6 Å². The molecule has 0 spiro atoms. The molecule has 4 rings (SSSR count). The Bertz CT molecular complexity index is 923. The van der Waals surface area contributed by atoms with Crippen LogP contribution in [-0.4, -0.2) is 72.8 Å². The lowest BCUT2D eigenvalue weighted by atomic mass is 9.86. The molecule has 1 aliphatic carbocycles. The van der Waals surface area contributed by atoms with Crippen LogP contribution < -0.4 is 4.90 Å². The molecule has 2 aromatic rings. The molecule has 9 heteroatoms. The molecule has 0 bridgehead atoms. The quantitative estimate of drug-likeness (QED) is 0.770. The molecule has 1 aliphatic heterocycles. The van der Waals surface area contributed by atoms with E-state index in [1.807, 2.05) is 12.3 Å². The normalized spacial score (nSPS) is 26.6. The van der Waals surface area contributed by atoms with E-state index in [0.717, 1.165) is 55.4 Å². The Morgan fingerprint density at radius 2 is 2.03 bits per heavy atom. The van der Waals surface area contributed by atoms with E-state index in [4.69, 9.17) is 4.74 Å². The van der Waals surface area contributed by atoms with Gasteiger partial charge in [0.2, 0.25) is 10.0 Å². The van der Waals surface area contributed by atoms with Crippen molar-refractivity contribution in [2.45, 2.75) is 50.7 Å². The van der Waals surface area contributed by atoms with Gasteiger partial charge in [0.25, 0.3) is 0 Å². The summed E-state index contributed by atoms with van der Waals surface area (Å²) in [5.74, 6) is 1.42. The highest BCUT2D eigenvalue weighted by Crippen LogP contribution is 2.32. The summed E-state index contributed by atoms with van der Waals surface area (Å²) in [4.78, 5) is 14.1. The number of rotatable bonds is 6. The molecular formula is C20H31N5O3S. The molecule has 1 N–H and O–H groups in total. The molecule has 3 heterocycles. The second-order valence-corrected chi connectivity index (χ2v) is 10.4. The highest BCUT2D eigenvalue weighted by atomic mass is 32.2. The van der Waals surface area contributed by atoms with E-state index in [1.54, 1.807) is 17.7 Å². The Labute approximate surface area is 172 Å². The van der Waals surface area contributed by atoms with E-state index < -0.39 is 10.0 Å². The first kappa shape index (κ1) is 20.6. The van der Waals surface area contributed by atoms with Gasteiger partial charge in [-0.05, 0) is 50.5 Å². The average molecular weight is 422 g/mol. The molecule has 1 unspecified atom stereocenters. The van der Waals surface area contributed by atoms with Crippen molar-refractivity contribution in [1.82, 2.24) is 19.3 Å². The summed E-state index contributed by atoms with van der Waals surface area (Å²) in [5, 5.41) is 1.03. The molecule has 2 fully saturated rings. The number of aromatic nitrogens is 3. The van der Waals surface area contributed by atoms with Crippen molar-refractivity contribution in [3.63, 3.8) is 0 Å². The minimum atomic E-state index is -3.22. The molecule has 160 valence electrons. The number of sulfonamides is 1. The summed E-state index contributed by atoms with van der Waals surface area (Å²) in [7, 11) is 0.520. The Morgan fingerprint density at radius 1 is 1.24 bits per heavy atom. The van der Waals surface area contributed by atoms with Crippen molar-refractivity contribution in [3.05, 3.63) is 18.6 Å². The van der Waals surface area contributed by atoms with Crippen LogP contribution in [0.2, 0.25) is 0 Å². The monoisotopic (exact) mass is 421 g/mol. The molecule has 2 aliphatic rings. The lowest BCUT2D eigenvalue weighted by Crippen LogP contribution is -2.45. The van der Waals surface area contributed by atoms with Gasteiger partial charge in [-0.1, -0.05) is 0 Å². The Kier molecular flexibility index (Phi) is 6.08. The van der Waals surface area contributed by atoms with Gasteiger partial charge in [-0.3, -0.25) is 0 Å². The Hall–Kier alpha value is -1.71. The number of hydrogen-bond donors (Lipinski definition) is 1. The molecular weight excluding hydrogens is 390 g/mol. The van der Waals surface area contributed by atoms with Gasteiger partial charge >= 0.3 is 0 Å². The largest absolute Gasteiger partial charge is 0.380 e. The van der Waals surface area contributed by atoms with Gasteiger partial charge in [0.15, 0.2) is 0 Å². The number of ether oxygens (including phenoxy) is 1. The predicted octanol–water partition coefficient (Wildman–Crippen LogP) is 2.39. The van der Waals surface area contributed by atoms with E-state index in [1.165, 1.54) is 0 Å². The van der Waals surface area contributed by atoms with Crippen molar-refractivity contribution < 1.29 is 13.2 Å². The van der Waals surface area contributed by atoms with Crippen molar-refractivity contribution >= 4 is 26.9 Å². The first-order chi connectivity index (χ1) is 14.0. The number of nitrogens with zero attached hydrogens (tertiary/aromatic N) is 4. The predicted molar refractivity (Wildman–Crippen MR) is 113 cm³/mol. The number of hydrogen-bond acceptors (Lipinski definition) is 6. The van der Waals surface area contributed by atoms with Gasteiger partial charge in [0.1, 0.15) is 17.8 Å². The van der Waals surface area contributed by atoms with Crippen LogP contribution in [0.4, 0.5) is 5.82 Å². The third-order valence-electron chi connectivity index (χ3n) is 6.54. The van der Waals surface area contributed by atoms with E-state index in [9.17, 15) is 8.42 Å². The lowest BCUT2D eigenvalue weighted by Gasteiger charge is -2.37. The second kappa shape index (κ2) is 8.57. The SMILES string of the molecule is COC1CCCN(S(=O)(=O)CC2CCC(N(C)c3ncnc4[nH]ccc34)CC2)C1. The molecule has 0 aromatic carbocycles. The molecule has 0 radical (unpaired) electrons. The summed E-state index contributed by atoms with van der Waals surface area (Å²) in [6, 6.07) is 2.38. The number of fused-ring (bicyclic) bond motifs is 1. The first-order valence-corrected chi connectivity index (χ1v) is 12.1. The molecule has 1 saturated heterocycles. The van der Waals surface area contributed by atoms with Gasteiger partial charge in [-0.25, -0.2) is 18.4 Å². The van der Waals surface area contributed by atoms with Crippen molar-refractivity contribution in [2.24, 2.45) is 5.92 Å². The zero-order valence-corrected chi connectivity index (χ0v) is 18.1. The number of piperidine rings is 1. The van der Waals surface area contributed by atoms with Crippen LogP contribution in [0.5, 0.6) is 0 Å². The molecule has 29 heavy (non-hydrogen) atoms. The Morgan fingerprint density at radius 3 is 2.79 bits per heavy atom. The first-order valence-electron chi connectivity index (χ1n) is 10.5. The maximum atomic E-state index is 12.9. The summed E-state index contributed by atoms with van der Waals surface area (Å²) in [6.45, 7) is 1.12. The Balaban J connectivity index is 1.35. The minimum absolute atomic E-state index is 0.0287. The molecule has 1 atom stereocenters. The summed E-state index contributed by atoms with van der Waals surface area (Å²) in [6.07, 6.45) is 9.14. The molecule has 0 amide bonds. The third-order valence-corrected chi connectivity index (χ3v) is 8.56. The highest BCUT2D eigenvalue weighted by molar-refractivity contribution is 7.89. The van der Waals surface area contributed by atoms with Crippen LogP contribution in [0, 0.1) is 5.92 Å². The number of anilines is 1. The number of aromatic amines is 1. The summed E-state index contributed by atoms with van der Waals surface area (Å²) in [5.41, 5.74) is 0.845. The minimum Gasteiger partial charge on any atom is -0.380 e. The van der Waals surface area contributed by atoms with Crippen LogP contribution >= 0.6 is 0 Å². The van der Waals surface area contributed by atoms with E-state index >= 15 is 0 Å². The van der Waals surface area contributed by atoms with Crippen LogP contribution in [-0.2, 0) is 14.8 Å². The fraction of sp³-hybridized carbons (Fsp3) is 0.700. The lowest BCUT2D eigenvalue weighted by molar-refractivity contribution is 0.0570. The highest BCUT2D eigenvalue weighted by Gasteiger charge is 2.33. The van der Waals surface area contributed by atoms with Crippen LogP contribution in [0.25, 0.3) is 11.0 Å². The van der Waals surface area contributed by atoms with Gasteiger partial charge < -0.3 is 14.6 Å². The molecule has 2 aromatic heterocycles. The maximum absolute atomic E-state index is 12.9. The van der Waals surface area contributed by atoms with E-state index in [0.29, 0.717) is 19.1 Å². The van der Waals surface area contributed by atoms with Crippen LogP contribution in [0.1, 0.15) is 38.5 Å². The molecule has 8 nitrogen and oxygen atoms in total. The zero-order chi connectivity index (χ0) is 20.4. The van der Waals surface area contributed by atoms with Gasteiger partial charge in [-0.2, -0.15) is 4.31 Å². The number of methoxy groups -OCH3 is 1. The van der Waals surface area contributed by atoms with Crippen molar-refractivity contribution in [2.75, 3.05) is 37.9 Å². The fourth-order valence-corrected chi connectivity index (χ4v) is 6.71. The summed E-state index contributed by atoms with van der Waals surface area (Å²) < 4.78 is 32.9. The second-order valence-electron chi connectivity index (χ2n) is 8.36. The van der Waals surface area contributed by atoms with Crippen molar-refractivity contribution in [1.29, 1.82) is 0 Å². The summed E-state index contributed by atoms with van der Waals surface area (Å²) >= 11 is 0. The van der Waals surface area contributed by atoms with E-state index in [-0.39, 0.29) is 17.8 Å². The fourth-order valence-electron chi connectivity index (χ4n) is 4.76. The maximum Gasteiger partial charge on any atom is 0.214 e. The van der Waals surface area contributed by atoms with Gasteiger partial charge in [-0.15, -0.1) is 0 Å². The van der Waals surface area contributed by atoms with Gasteiger partial charge in [0, 0.05) is 39.5 Å². The van der Waals surface area contributed by atoms with Gasteiger partial charge in [0.05, 0.1) is 17.2 Å². The third kappa shape index (κ3) is 4.41. The zero-order valence-electron chi connectivity index (χ0n) is 17.2. The smallest absolute Gasteiger partial charge is 0.214 e. The van der Waals surface area contributed by atoms with E-state index in [2.05, 4.69) is 26.9 Å². The van der Waals surface area contributed by atoms with Crippen LogP contribution in [0.3, 0.4) is 0 Å². The standard InChI is InChI=1S/C20H31N5O3S/c1-24(20-18-9-10-21-19(18)22-14-23-20)16-7-5-15(6-8-16)13-29(26,27)25-11-3-4-17(12-25)28-2/h9-10,14-17H,3-8,11-13H2,1-2H3,(H,21,22,23). The average Bonchev–Trinajstić information content (AvgIpc) is 3.22. The number of H-pyrrole nitrogens is 1. The van der Waals surface area contributed by atoms with Crippen molar-refractivity contribution in [3.8, 4) is 0 Å². The topological polar surface area (TPSA) is 91.4 Å². The number of nitrogens with one attached hydrogen (secondary N) is 1. The molecule has 1 saturated carbocycles.